The van der Waals surface area contributed by atoms with Crippen molar-refractivity contribution in [2.75, 3.05) is 32.5 Å². The predicted octanol–water partition coefficient (Wildman–Crippen LogP) is 4.23. The molecule has 0 spiro atoms. The number of nitrogens with one attached hydrogen (secondary N) is 2. The first-order valence-electron chi connectivity index (χ1n) is 10.8. The molecule has 2 N–H and O–H groups in total. The van der Waals surface area contributed by atoms with Gasteiger partial charge in [0.1, 0.15) is 11.6 Å². The normalized spacial score (nSPS) is 11.3. The van der Waals surface area contributed by atoms with Crippen molar-refractivity contribution < 1.29 is 4.74 Å². The number of para-hydroxylation sites is 1. The van der Waals surface area contributed by atoms with Crippen LogP contribution >= 0.6 is 35.7 Å². The molecule has 0 amide bonds. The van der Waals surface area contributed by atoms with Crippen LogP contribution in [0.25, 0.3) is 0 Å². The monoisotopic (exact) mass is 560 g/mol. The molecule has 0 aliphatic rings. The molecule has 0 unspecified atom stereocenters. The summed E-state index contributed by atoms with van der Waals surface area (Å²) < 4.78 is 7.97. The summed E-state index contributed by atoms with van der Waals surface area (Å²) in [5.41, 5.74) is 0. The van der Waals surface area contributed by atoms with Crippen LogP contribution < -0.4 is 15.4 Å². The average Bonchev–Trinajstić information content (AvgIpc) is 3.12. The van der Waals surface area contributed by atoms with Gasteiger partial charge < -0.3 is 19.9 Å². The summed E-state index contributed by atoms with van der Waals surface area (Å²) in [6, 6.07) is 9.89. The summed E-state index contributed by atoms with van der Waals surface area (Å²) in [6.45, 7) is 10.5. The zero-order valence-electron chi connectivity index (χ0n) is 19.1. The number of ether oxygens (including phenoxy) is 1. The molecule has 2 aromatic rings. The van der Waals surface area contributed by atoms with Crippen molar-refractivity contribution >= 4 is 41.7 Å². The lowest BCUT2D eigenvalue weighted by Crippen LogP contribution is -2.38. The maximum absolute atomic E-state index is 5.72. The molecular formula is C22H37IN6OS. The molecule has 0 aliphatic carbocycles. The molecule has 9 heteroatoms. The Hall–Kier alpha value is -1.49. The van der Waals surface area contributed by atoms with Gasteiger partial charge in [-0.05, 0) is 37.7 Å². The van der Waals surface area contributed by atoms with Crippen LogP contribution in [0.1, 0.15) is 39.4 Å². The van der Waals surface area contributed by atoms with Crippen LogP contribution in [0.15, 0.2) is 40.5 Å². The van der Waals surface area contributed by atoms with Crippen LogP contribution in [-0.2, 0) is 13.0 Å². The van der Waals surface area contributed by atoms with Crippen LogP contribution in [0, 0.1) is 5.92 Å². The van der Waals surface area contributed by atoms with Crippen LogP contribution in [0.3, 0.4) is 0 Å². The van der Waals surface area contributed by atoms with Gasteiger partial charge in [0.05, 0.1) is 6.61 Å². The van der Waals surface area contributed by atoms with Gasteiger partial charge in [0.15, 0.2) is 11.1 Å². The van der Waals surface area contributed by atoms with E-state index in [0.717, 1.165) is 68.1 Å². The highest BCUT2D eigenvalue weighted by Crippen LogP contribution is 2.16. The van der Waals surface area contributed by atoms with Gasteiger partial charge in [-0.15, -0.1) is 34.2 Å². The van der Waals surface area contributed by atoms with E-state index in [4.69, 9.17) is 4.74 Å². The summed E-state index contributed by atoms with van der Waals surface area (Å²) in [4.78, 5) is 4.64. The summed E-state index contributed by atoms with van der Waals surface area (Å²) in [5, 5.41) is 16.4. The van der Waals surface area contributed by atoms with E-state index in [-0.39, 0.29) is 24.0 Å². The molecule has 0 radical (unpaired) electrons. The minimum Gasteiger partial charge on any atom is -0.494 e. The number of guanidine groups is 1. The predicted molar refractivity (Wildman–Crippen MR) is 141 cm³/mol. The van der Waals surface area contributed by atoms with Gasteiger partial charge in [0, 0.05) is 39.0 Å². The second-order valence-corrected chi connectivity index (χ2v) is 8.19. The number of halogens is 1. The van der Waals surface area contributed by atoms with Gasteiger partial charge in [-0.1, -0.05) is 43.8 Å². The first-order valence-corrected chi connectivity index (χ1v) is 12.0. The smallest absolute Gasteiger partial charge is 0.191 e. The molecule has 0 fully saturated rings. The molecule has 0 atom stereocenters. The molecule has 1 heterocycles. The second kappa shape index (κ2) is 16.2. The Morgan fingerprint density at radius 1 is 1.16 bits per heavy atom. The Morgan fingerprint density at radius 3 is 2.61 bits per heavy atom. The van der Waals surface area contributed by atoms with Crippen molar-refractivity contribution in [3.8, 4) is 5.75 Å². The van der Waals surface area contributed by atoms with Gasteiger partial charge in [-0.25, -0.2) is 0 Å². The van der Waals surface area contributed by atoms with Gasteiger partial charge in [0.25, 0.3) is 0 Å². The number of rotatable bonds is 13. The SMILES string of the molecule is CCNC(=NCCCOc1ccccc1)NCCCc1nnc(SC)n1CC(C)C.I. The van der Waals surface area contributed by atoms with Gasteiger partial charge in [0.2, 0.25) is 0 Å². The Labute approximate surface area is 208 Å². The number of aryl methyl sites for hydroxylation is 1. The fourth-order valence-corrected chi connectivity index (χ4v) is 3.48. The molecule has 1 aromatic carbocycles. The Kier molecular flexibility index (Phi) is 14.4. The molecule has 0 aliphatic heterocycles. The van der Waals surface area contributed by atoms with E-state index in [2.05, 4.69) is 57.4 Å². The Bertz CT molecular complexity index is 754. The minimum atomic E-state index is 0. The number of aromatic nitrogens is 3. The lowest BCUT2D eigenvalue weighted by Gasteiger charge is -2.13. The molecule has 174 valence electrons. The Balaban J connectivity index is 0.00000480. The third-order valence-electron chi connectivity index (χ3n) is 4.32. The van der Waals surface area contributed by atoms with Crippen molar-refractivity contribution in [3.63, 3.8) is 0 Å². The topological polar surface area (TPSA) is 76.4 Å². The number of aliphatic imine (C=N–C) groups is 1. The van der Waals surface area contributed by atoms with Gasteiger partial charge in [-0.2, -0.15) is 0 Å². The van der Waals surface area contributed by atoms with E-state index in [0.29, 0.717) is 12.5 Å². The Morgan fingerprint density at radius 2 is 1.94 bits per heavy atom. The molecule has 7 nitrogen and oxygen atoms in total. The summed E-state index contributed by atoms with van der Waals surface area (Å²) in [6.07, 6.45) is 4.81. The quantitative estimate of drug-likeness (QED) is 0.126. The molecular weight excluding hydrogens is 523 g/mol. The lowest BCUT2D eigenvalue weighted by molar-refractivity contribution is 0.313. The molecule has 31 heavy (non-hydrogen) atoms. The first-order chi connectivity index (χ1) is 14.6. The van der Waals surface area contributed by atoms with Crippen molar-refractivity contribution in [1.82, 2.24) is 25.4 Å². The average molecular weight is 561 g/mol. The fourth-order valence-electron chi connectivity index (χ4n) is 2.96. The zero-order chi connectivity index (χ0) is 21.6. The second-order valence-electron chi connectivity index (χ2n) is 7.41. The number of hydrogen-bond acceptors (Lipinski definition) is 5. The number of hydrogen-bond donors (Lipinski definition) is 2. The van der Waals surface area contributed by atoms with Crippen LogP contribution in [0.2, 0.25) is 0 Å². The highest BCUT2D eigenvalue weighted by molar-refractivity contribution is 14.0. The highest BCUT2D eigenvalue weighted by Gasteiger charge is 2.12. The van der Waals surface area contributed by atoms with E-state index < -0.39 is 0 Å². The van der Waals surface area contributed by atoms with E-state index in [1.165, 1.54) is 0 Å². The third kappa shape index (κ3) is 10.6. The minimum absolute atomic E-state index is 0. The molecule has 1 aromatic heterocycles. The van der Waals surface area contributed by atoms with E-state index >= 15 is 0 Å². The van der Waals surface area contributed by atoms with Crippen LogP contribution in [0.5, 0.6) is 5.75 Å². The van der Waals surface area contributed by atoms with Crippen molar-refractivity contribution in [2.24, 2.45) is 10.9 Å². The van der Waals surface area contributed by atoms with E-state index in [9.17, 15) is 0 Å². The van der Waals surface area contributed by atoms with Crippen LogP contribution in [0.4, 0.5) is 0 Å². The first kappa shape index (κ1) is 27.5. The maximum atomic E-state index is 5.72. The highest BCUT2D eigenvalue weighted by atomic mass is 127. The summed E-state index contributed by atoms with van der Waals surface area (Å²) in [5.74, 6) is 3.39. The van der Waals surface area contributed by atoms with Crippen molar-refractivity contribution in [1.29, 1.82) is 0 Å². The third-order valence-corrected chi connectivity index (χ3v) is 4.99. The summed E-state index contributed by atoms with van der Waals surface area (Å²) in [7, 11) is 0. The molecule has 0 bridgehead atoms. The molecule has 0 saturated heterocycles. The van der Waals surface area contributed by atoms with E-state index in [1.54, 1.807) is 11.8 Å². The van der Waals surface area contributed by atoms with Crippen molar-refractivity contribution in [3.05, 3.63) is 36.2 Å². The van der Waals surface area contributed by atoms with Gasteiger partial charge in [-0.3, -0.25) is 4.99 Å². The lowest BCUT2D eigenvalue weighted by atomic mass is 10.2. The zero-order valence-corrected chi connectivity index (χ0v) is 22.3. The van der Waals surface area contributed by atoms with E-state index in [1.807, 2.05) is 30.3 Å². The standard InChI is InChI=1S/C22H36N6OS.HI/c1-5-23-21(25-15-10-16-29-19-11-7-6-8-12-19)24-14-9-13-20-26-27-22(30-4)28(20)17-18(2)3;/h6-8,11-12,18H,5,9-10,13-17H2,1-4H3,(H2,23,24,25);1H. The largest absolute Gasteiger partial charge is 0.494 e. The molecule has 2 rings (SSSR count). The number of thioether (sulfide) groups is 1. The fraction of sp³-hybridized carbons (Fsp3) is 0.591. The maximum Gasteiger partial charge on any atom is 0.191 e. The van der Waals surface area contributed by atoms with Crippen LogP contribution in [-0.4, -0.2) is 53.2 Å². The number of benzene rings is 1. The van der Waals surface area contributed by atoms with Crippen molar-refractivity contribution in [2.45, 2.75) is 51.7 Å². The van der Waals surface area contributed by atoms with Gasteiger partial charge >= 0.3 is 0 Å². The molecule has 0 saturated carbocycles. The number of nitrogens with zero attached hydrogens (tertiary/aromatic N) is 4. The summed E-state index contributed by atoms with van der Waals surface area (Å²) >= 11 is 1.65.